The fraction of sp³-hybridized carbons (Fsp3) is 0.786. The lowest BCUT2D eigenvalue weighted by Gasteiger charge is -2.27. The molecule has 21 heavy (non-hydrogen) atoms. The second-order valence-electron chi connectivity index (χ2n) is 6.33. The summed E-state index contributed by atoms with van der Waals surface area (Å²) in [4.78, 5) is 13.3. The van der Waals surface area contributed by atoms with E-state index in [0.29, 0.717) is 35.9 Å². The second-order valence-corrected chi connectivity index (χ2v) is 6.33. The molecule has 3 atom stereocenters. The Hall–Kier alpha value is -1.63. The number of rotatable bonds is 3. The molecule has 3 rings (SSSR count). The lowest BCUT2D eigenvalue weighted by atomic mass is 9.79. The summed E-state index contributed by atoms with van der Waals surface area (Å²) in [6.45, 7) is 6.09. The second kappa shape index (κ2) is 5.29. The molecule has 2 heterocycles. The van der Waals surface area contributed by atoms with Gasteiger partial charge in [-0.3, -0.25) is 10.1 Å². The maximum absolute atomic E-state index is 11.4. The van der Waals surface area contributed by atoms with Crippen molar-refractivity contribution in [1.29, 1.82) is 0 Å². The molecule has 0 bridgehead atoms. The van der Waals surface area contributed by atoms with Crippen LogP contribution in [0.2, 0.25) is 0 Å². The molecule has 1 aromatic rings. The molecular weight excluding hydrogens is 270 g/mol. The molecule has 1 saturated heterocycles. The van der Waals surface area contributed by atoms with Crippen LogP contribution in [0, 0.1) is 28.9 Å². The summed E-state index contributed by atoms with van der Waals surface area (Å²) in [7, 11) is 0. The average molecular weight is 293 g/mol. The average Bonchev–Trinajstić information content (AvgIpc) is 2.97. The highest BCUT2D eigenvalue weighted by atomic mass is 16.6. The van der Waals surface area contributed by atoms with Gasteiger partial charge in [0.1, 0.15) is 5.69 Å². The van der Waals surface area contributed by atoms with Crippen LogP contribution in [0.15, 0.2) is 0 Å². The Morgan fingerprint density at radius 2 is 2.10 bits per heavy atom. The van der Waals surface area contributed by atoms with Gasteiger partial charge in [-0.1, -0.05) is 0 Å². The number of aromatic nitrogens is 2. The van der Waals surface area contributed by atoms with E-state index in [1.807, 2.05) is 6.92 Å². The van der Waals surface area contributed by atoms with E-state index in [0.717, 1.165) is 32.4 Å². The number of hydrogen-bond acceptors (Lipinski definition) is 5. The topological polar surface area (TPSA) is 90.2 Å². The van der Waals surface area contributed by atoms with Crippen molar-refractivity contribution in [2.45, 2.75) is 45.7 Å². The zero-order valence-electron chi connectivity index (χ0n) is 12.7. The fourth-order valence-corrected chi connectivity index (χ4v) is 3.95. The molecule has 116 valence electrons. The summed E-state index contributed by atoms with van der Waals surface area (Å²) in [6, 6.07) is 0.291. The van der Waals surface area contributed by atoms with E-state index in [9.17, 15) is 10.1 Å². The SMILES string of the molecule is CCn1nc(C)c([N+](=O)[O-])c1N1C[C@H]2CCC(N)C[C@H]2C1. The first kappa shape index (κ1) is 14.3. The predicted molar refractivity (Wildman–Crippen MR) is 80.3 cm³/mol. The Morgan fingerprint density at radius 3 is 2.76 bits per heavy atom. The third-order valence-electron chi connectivity index (χ3n) is 4.94. The number of hydrogen-bond donors (Lipinski definition) is 1. The lowest BCUT2D eigenvalue weighted by Crippen LogP contribution is -2.32. The highest BCUT2D eigenvalue weighted by molar-refractivity contribution is 5.62. The number of nitrogens with zero attached hydrogens (tertiary/aromatic N) is 4. The quantitative estimate of drug-likeness (QED) is 0.676. The van der Waals surface area contributed by atoms with Crippen LogP contribution in [0.1, 0.15) is 31.9 Å². The van der Waals surface area contributed by atoms with Gasteiger partial charge in [0.25, 0.3) is 0 Å². The van der Waals surface area contributed by atoms with E-state index >= 15 is 0 Å². The predicted octanol–water partition coefficient (Wildman–Crippen LogP) is 1.68. The van der Waals surface area contributed by atoms with Crippen molar-refractivity contribution in [2.24, 2.45) is 17.6 Å². The van der Waals surface area contributed by atoms with Gasteiger partial charge in [0, 0.05) is 25.7 Å². The van der Waals surface area contributed by atoms with Gasteiger partial charge in [-0.15, -0.1) is 0 Å². The third-order valence-corrected chi connectivity index (χ3v) is 4.94. The van der Waals surface area contributed by atoms with Crippen LogP contribution in [0.4, 0.5) is 11.5 Å². The fourth-order valence-electron chi connectivity index (χ4n) is 3.95. The normalized spacial score (nSPS) is 28.7. The molecule has 0 spiro atoms. The van der Waals surface area contributed by atoms with Gasteiger partial charge in [-0.2, -0.15) is 5.10 Å². The van der Waals surface area contributed by atoms with Crippen LogP contribution in [-0.2, 0) is 6.54 Å². The first-order chi connectivity index (χ1) is 10.0. The number of fused-ring (bicyclic) bond motifs is 1. The maximum Gasteiger partial charge on any atom is 0.333 e. The third kappa shape index (κ3) is 2.39. The van der Waals surface area contributed by atoms with Crippen molar-refractivity contribution in [3.63, 3.8) is 0 Å². The van der Waals surface area contributed by atoms with Crippen molar-refractivity contribution in [3.05, 3.63) is 15.8 Å². The number of aryl methyl sites for hydroxylation is 2. The first-order valence-electron chi connectivity index (χ1n) is 7.73. The summed E-state index contributed by atoms with van der Waals surface area (Å²) >= 11 is 0. The van der Waals surface area contributed by atoms with Crippen molar-refractivity contribution in [1.82, 2.24) is 9.78 Å². The number of nitrogens with two attached hydrogens (primary N) is 1. The minimum atomic E-state index is -0.294. The summed E-state index contributed by atoms with van der Waals surface area (Å²) in [5.41, 5.74) is 6.74. The summed E-state index contributed by atoms with van der Waals surface area (Å²) < 4.78 is 1.77. The van der Waals surface area contributed by atoms with Crippen LogP contribution in [-0.4, -0.2) is 33.8 Å². The van der Waals surface area contributed by atoms with Gasteiger partial charge in [0.05, 0.1) is 4.92 Å². The monoisotopic (exact) mass is 293 g/mol. The van der Waals surface area contributed by atoms with Crippen molar-refractivity contribution in [3.8, 4) is 0 Å². The molecule has 0 aromatic carbocycles. The molecule has 0 amide bonds. The molecule has 1 aromatic heterocycles. The Kier molecular flexibility index (Phi) is 3.61. The van der Waals surface area contributed by atoms with Crippen molar-refractivity contribution < 1.29 is 4.92 Å². The van der Waals surface area contributed by atoms with E-state index < -0.39 is 0 Å². The van der Waals surface area contributed by atoms with Crippen LogP contribution in [0.3, 0.4) is 0 Å². The molecule has 1 saturated carbocycles. The van der Waals surface area contributed by atoms with Crippen molar-refractivity contribution >= 4 is 11.5 Å². The zero-order valence-corrected chi connectivity index (χ0v) is 12.7. The molecule has 2 fully saturated rings. The van der Waals surface area contributed by atoms with Gasteiger partial charge in [0.15, 0.2) is 0 Å². The summed E-state index contributed by atoms with van der Waals surface area (Å²) in [5.74, 6) is 1.86. The minimum absolute atomic E-state index is 0.166. The summed E-state index contributed by atoms with van der Waals surface area (Å²) in [5, 5.41) is 15.7. The Morgan fingerprint density at radius 1 is 1.38 bits per heavy atom. The highest BCUT2D eigenvalue weighted by Crippen LogP contribution is 2.41. The van der Waals surface area contributed by atoms with E-state index in [4.69, 9.17) is 5.73 Å². The van der Waals surface area contributed by atoms with E-state index in [-0.39, 0.29) is 10.6 Å². The lowest BCUT2D eigenvalue weighted by molar-refractivity contribution is -0.384. The van der Waals surface area contributed by atoms with Gasteiger partial charge < -0.3 is 10.6 Å². The first-order valence-corrected chi connectivity index (χ1v) is 7.73. The van der Waals surface area contributed by atoms with Gasteiger partial charge >= 0.3 is 5.69 Å². The molecule has 0 radical (unpaired) electrons. The molecule has 1 aliphatic carbocycles. The van der Waals surface area contributed by atoms with Crippen LogP contribution >= 0.6 is 0 Å². The molecule has 7 heteroatoms. The van der Waals surface area contributed by atoms with Crippen LogP contribution < -0.4 is 10.6 Å². The molecular formula is C14H23N5O2. The molecule has 1 aliphatic heterocycles. The van der Waals surface area contributed by atoms with E-state index in [1.54, 1.807) is 11.6 Å². The number of nitro groups is 1. The standard InChI is InChI=1S/C14H23N5O2/c1-3-18-14(13(19(20)21)9(2)16-18)17-7-10-4-5-12(15)6-11(10)8-17/h10-12H,3-8,15H2,1-2H3/t10-,11+,12?/m1/s1. The number of anilines is 1. The zero-order chi connectivity index (χ0) is 15.1. The molecule has 2 aliphatic rings. The molecule has 1 unspecified atom stereocenters. The smallest absolute Gasteiger partial charge is 0.333 e. The maximum atomic E-state index is 11.4. The Labute approximate surface area is 124 Å². The van der Waals surface area contributed by atoms with Crippen molar-refractivity contribution in [2.75, 3.05) is 18.0 Å². The van der Waals surface area contributed by atoms with E-state index in [1.165, 1.54) is 0 Å². The molecule has 7 nitrogen and oxygen atoms in total. The van der Waals surface area contributed by atoms with Gasteiger partial charge in [-0.25, -0.2) is 4.68 Å². The van der Waals surface area contributed by atoms with E-state index in [2.05, 4.69) is 10.00 Å². The van der Waals surface area contributed by atoms with Gasteiger partial charge in [-0.05, 0) is 44.9 Å². The van der Waals surface area contributed by atoms with Crippen LogP contribution in [0.5, 0.6) is 0 Å². The largest absolute Gasteiger partial charge is 0.351 e. The molecule has 2 N–H and O–H groups in total. The minimum Gasteiger partial charge on any atom is -0.351 e. The summed E-state index contributed by atoms with van der Waals surface area (Å²) in [6.07, 6.45) is 3.24. The Balaban J connectivity index is 1.92. The van der Waals surface area contributed by atoms with Gasteiger partial charge in [0.2, 0.25) is 5.82 Å². The highest BCUT2D eigenvalue weighted by Gasteiger charge is 2.40. The van der Waals surface area contributed by atoms with Crippen LogP contribution in [0.25, 0.3) is 0 Å². The Bertz CT molecular complexity index is 556.